The summed E-state index contributed by atoms with van der Waals surface area (Å²) in [5, 5.41) is 10.1. The van der Waals surface area contributed by atoms with Crippen LogP contribution in [0.4, 0.5) is 0 Å². The van der Waals surface area contributed by atoms with Crippen LogP contribution < -0.4 is 4.74 Å². The number of nitrogens with zero attached hydrogens (tertiary/aromatic N) is 1. The van der Waals surface area contributed by atoms with E-state index in [9.17, 15) is 9.90 Å². The standard InChI is InChI=1S/C16H17NO3/c1-17-7-6-16-5-4-11(18)8-13(16)20-15-12(19)3-2-10(9-17)14(15)16/h2-5,13,19H,6-9H2,1H3/t13?,16-/m0/s1. The Labute approximate surface area is 117 Å². The van der Waals surface area contributed by atoms with Gasteiger partial charge in [0.05, 0.1) is 5.41 Å². The molecule has 0 aromatic heterocycles. The average Bonchev–Trinajstić information content (AvgIpc) is 2.68. The largest absolute Gasteiger partial charge is 0.504 e. The fourth-order valence-corrected chi connectivity index (χ4v) is 3.80. The van der Waals surface area contributed by atoms with Crippen LogP contribution >= 0.6 is 0 Å². The Bertz CT molecular complexity index is 637. The van der Waals surface area contributed by atoms with E-state index in [-0.39, 0.29) is 23.1 Å². The van der Waals surface area contributed by atoms with Gasteiger partial charge in [0.25, 0.3) is 0 Å². The zero-order valence-electron chi connectivity index (χ0n) is 11.4. The highest BCUT2D eigenvalue weighted by molar-refractivity contribution is 5.92. The summed E-state index contributed by atoms with van der Waals surface area (Å²) in [6, 6.07) is 3.68. The lowest BCUT2D eigenvalue weighted by Gasteiger charge is -2.33. The third-order valence-electron chi connectivity index (χ3n) is 4.82. The molecule has 0 amide bonds. The van der Waals surface area contributed by atoms with Crippen molar-refractivity contribution >= 4 is 5.78 Å². The van der Waals surface area contributed by atoms with Crippen LogP contribution in [0, 0.1) is 0 Å². The fraction of sp³-hybridized carbons (Fsp3) is 0.438. The molecule has 4 nitrogen and oxygen atoms in total. The number of phenolic OH excluding ortho intramolecular Hbond substituents is 1. The molecule has 1 aliphatic carbocycles. The molecule has 0 fully saturated rings. The molecule has 2 atom stereocenters. The van der Waals surface area contributed by atoms with Crippen molar-refractivity contribution in [3.8, 4) is 11.5 Å². The number of allylic oxidation sites excluding steroid dienone is 1. The molecule has 0 saturated carbocycles. The predicted molar refractivity (Wildman–Crippen MR) is 73.9 cm³/mol. The smallest absolute Gasteiger partial charge is 0.165 e. The first kappa shape index (κ1) is 12.0. The monoisotopic (exact) mass is 271 g/mol. The Balaban J connectivity index is 1.99. The number of rotatable bonds is 0. The van der Waals surface area contributed by atoms with E-state index < -0.39 is 0 Å². The summed E-state index contributed by atoms with van der Waals surface area (Å²) in [5.74, 6) is 0.872. The summed E-state index contributed by atoms with van der Waals surface area (Å²) in [4.78, 5) is 14.0. The maximum atomic E-state index is 11.7. The van der Waals surface area contributed by atoms with E-state index in [4.69, 9.17) is 4.74 Å². The first-order valence-corrected chi connectivity index (χ1v) is 7.03. The van der Waals surface area contributed by atoms with Crippen LogP contribution in [-0.2, 0) is 16.8 Å². The number of benzene rings is 1. The number of carbonyl (C=O) groups is 1. The minimum Gasteiger partial charge on any atom is -0.504 e. The second-order valence-corrected chi connectivity index (χ2v) is 6.09. The molecule has 2 heterocycles. The molecule has 3 aliphatic rings. The van der Waals surface area contributed by atoms with Crippen LogP contribution in [0.1, 0.15) is 24.0 Å². The Morgan fingerprint density at radius 3 is 3.15 bits per heavy atom. The van der Waals surface area contributed by atoms with Gasteiger partial charge >= 0.3 is 0 Å². The Morgan fingerprint density at radius 2 is 2.30 bits per heavy atom. The number of aromatic hydroxyl groups is 1. The minimum atomic E-state index is -0.248. The first-order valence-electron chi connectivity index (χ1n) is 7.03. The number of ketones is 1. The third-order valence-corrected chi connectivity index (χ3v) is 4.82. The second-order valence-electron chi connectivity index (χ2n) is 6.09. The lowest BCUT2D eigenvalue weighted by molar-refractivity contribution is -0.117. The summed E-state index contributed by atoms with van der Waals surface area (Å²) in [6.45, 7) is 1.80. The van der Waals surface area contributed by atoms with E-state index >= 15 is 0 Å². The van der Waals surface area contributed by atoms with Gasteiger partial charge in [-0.15, -0.1) is 0 Å². The Kier molecular flexibility index (Phi) is 2.31. The van der Waals surface area contributed by atoms with Gasteiger partial charge in [0, 0.05) is 18.5 Å². The Hall–Kier alpha value is -1.81. The SMILES string of the molecule is CN1CC[C@@]23C=CC(=O)CC2Oc2c(O)ccc(c23)C1. The zero-order chi connectivity index (χ0) is 13.9. The van der Waals surface area contributed by atoms with Gasteiger partial charge in [0.1, 0.15) is 6.10 Å². The van der Waals surface area contributed by atoms with Crippen molar-refractivity contribution in [2.75, 3.05) is 13.6 Å². The molecule has 1 unspecified atom stereocenters. The van der Waals surface area contributed by atoms with Gasteiger partial charge in [0.2, 0.25) is 0 Å². The normalized spacial score (nSPS) is 31.4. The summed E-state index contributed by atoms with van der Waals surface area (Å²) >= 11 is 0. The molecule has 0 bridgehead atoms. The third kappa shape index (κ3) is 1.43. The molecular formula is C16H17NO3. The molecular weight excluding hydrogens is 254 g/mol. The van der Waals surface area contributed by atoms with Gasteiger partial charge in [-0.25, -0.2) is 0 Å². The van der Waals surface area contributed by atoms with E-state index in [1.54, 1.807) is 12.1 Å². The highest BCUT2D eigenvalue weighted by Crippen LogP contribution is 2.54. The van der Waals surface area contributed by atoms with Crippen molar-refractivity contribution in [1.82, 2.24) is 4.90 Å². The lowest BCUT2D eigenvalue weighted by atomic mass is 9.69. The first-order chi connectivity index (χ1) is 9.60. The maximum Gasteiger partial charge on any atom is 0.165 e. The van der Waals surface area contributed by atoms with Crippen molar-refractivity contribution in [2.24, 2.45) is 0 Å². The van der Waals surface area contributed by atoms with Gasteiger partial charge in [-0.1, -0.05) is 12.1 Å². The number of carbonyl (C=O) groups excluding carboxylic acids is 1. The van der Waals surface area contributed by atoms with Gasteiger partial charge in [-0.3, -0.25) is 4.79 Å². The van der Waals surface area contributed by atoms with Crippen molar-refractivity contribution in [2.45, 2.75) is 30.9 Å². The van der Waals surface area contributed by atoms with Crippen LogP contribution in [0.3, 0.4) is 0 Å². The van der Waals surface area contributed by atoms with Gasteiger partial charge in [-0.05, 0) is 37.7 Å². The van der Waals surface area contributed by atoms with Crippen LogP contribution in [0.25, 0.3) is 0 Å². The highest BCUT2D eigenvalue weighted by atomic mass is 16.5. The average molecular weight is 271 g/mol. The molecule has 2 aliphatic heterocycles. The van der Waals surface area contributed by atoms with E-state index in [0.717, 1.165) is 25.1 Å². The molecule has 1 spiro atoms. The molecule has 4 heteroatoms. The summed E-state index contributed by atoms with van der Waals surface area (Å²) in [6.07, 6.45) is 4.84. The van der Waals surface area contributed by atoms with Crippen LogP contribution in [0.15, 0.2) is 24.3 Å². The molecule has 104 valence electrons. The van der Waals surface area contributed by atoms with Gasteiger partial charge in [0.15, 0.2) is 17.3 Å². The Morgan fingerprint density at radius 1 is 1.45 bits per heavy atom. The second kappa shape index (κ2) is 3.85. The molecule has 4 rings (SSSR count). The van der Waals surface area contributed by atoms with E-state index in [1.807, 2.05) is 12.1 Å². The van der Waals surface area contributed by atoms with Crippen LogP contribution in [0.5, 0.6) is 11.5 Å². The van der Waals surface area contributed by atoms with Gasteiger partial charge in [-0.2, -0.15) is 0 Å². The van der Waals surface area contributed by atoms with E-state index in [1.165, 1.54) is 5.56 Å². The van der Waals surface area contributed by atoms with E-state index in [0.29, 0.717) is 12.2 Å². The number of hydrogen-bond donors (Lipinski definition) is 1. The minimum absolute atomic E-state index is 0.104. The van der Waals surface area contributed by atoms with Crippen molar-refractivity contribution in [3.63, 3.8) is 0 Å². The van der Waals surface area contributed by atoms with Crippen molar-refractivity contribution < 1.29 is 14.6 Å². The van der Waals surface area contributed by atoms with Crippen molar-refractivity contribution in [1.29, 1.82) is 0 Å². The highest BCUT2D eigenvalue weighted by Gasteiger charge is 2.52. The molecule has 0 radical (unpaired) electrons. The zero-order valence-corrected chi connectivity index (χ0v) is 11.4. The van der Waals surface area contributed by atoms with Crippen LogP contribution in [0.2, 0.25) is 0 Å². The fourth-order valence-electron chi connectivity index (χ4n) is 3.80. The number of ether oxygens (including phenoxy) is 1. The number of hydrogen-bond acceptors (Lipinski definition) is 4. The predicted octanol–water partition coefficient (Wildman–Crippen LogP) is 1.76. The lowest BCUT2D eigenvalue weighted by Crippen LogP contribution is -2.41. The molecule has 1 aromatic carbocycles. The van der Waals surface area contributed by atoms with Gasteiger partial charge < -0.3 is 14.7 Å². The molecule has 0 saturated heterocycles. The van der Waals surface area contributed by atoms with Crippen molar-refractivity contribution in [3.05, 3.63) is 35.4 Å². The molecule has 1 N–H and O–H groups in total. The number of phenols is 1. The molecule has 20 heavy (non-hydrogen) atoms. The summed E-state index contributed by atoms with van der Waals surface area (Å²) in [5.41, 5.74) is 2.04. The van der Waals surface area contributed by atoms with Crippen LogP contribution in [-0.4, -0.2) is 35.5 Å². The van der Waals surface area contributed by atoms with E-state index in [2.05, 4.69) is 11.9 Å². The maximum absolute atomic E-state index is 11.7. The quantitative estimate of drug-likeness (QED) is 0.781. The summed E-state index contributed by atoms with van der Waals surface area (Å²) in [7, 11) is 2.10. The summed E-state index contributed by atoms with van der Waals surface area (Å²) < 4.78 is 5.98. The molecule has 1 aromatic rings. The topological polar surface area (TPSA) is 49.8 Å².